The van der Waals surface area contributed by atoms with Crippen LogP contribution in [0.3, 0.4) is 0 Å². The first-order chi connectivity index (χ1) is 15.0. The lowest BCUT2D eigenvalue weighted by Gasteiger charge is -2.26. The number of nitrogens with zero attached hydrogens (tertiary/aromatic N) is 2. The van der Waals surface area contributed by atoms with Crippen LogP contribution >= 0.6 is 0 Å². The summed E-state index contributed by atoms with van der Waals surface area (Å²) in [7, 11) is 3.16. The first kappa shape index (κ1) is 20.3. The molecule has 1 aliphatic rings. The van der Waals surface area contributed by atoms with E-state index in [0.29, 0.717) is 17.1 Å². The van der Waals surface area contributed by atoms with Gasteiger partial charge in [0.25, 0.3) is 5.91 Å². The van der Waals surface area contributed by atoms with Gasteiger partial charge in [-0.25, -0.2) is 5.01 Å². The van der Waals surface area contributed by atoms with E-state index in [9.17, 15) is 9.90 Å². The highest BCUT2D eigenvalue weighted by Crippen LogP contribution is 2.37. The van der Waals surface area contributed by atoms with E-state index < -0.39 is 0 Å². The molecule has 2 aromatic carbocycles. The maximum atomic E-state index is 13.3. The fourth-order valence-corrected chi connectivity index (χ4v) is 3.55. The topological polar surface area (TPSA) is 83.9 Å². The van der Waals surface area contributed by atoms with E-state index >= 15 is 0 Å². The predicted molar refractivity (Wildman–Crippen MR) is 117 cm³/mol. The second kappa shape index (κ2) is 8.39. The van der Waals surface area contributed by atoms with E-state index in [1.165, 1.54) is 0 Å². The van der Waals surface area contributed by atoms with Crippen LogP contribution in [0.1, 0.15) is 33.1 Å². The first-order valence-corrected chi connectivity index (χ1v) is 9.76. The second-order valence-corrected chi connectivity index (χ2v) is 7.16. The third kappa shape index (κ3) is 3.90. The van der Waals surface area contributed by atoms with E-state index in [0.717, 1.165) is 22.4 Å². The number of aromatic hydroxyl groups is 1. The van der Waals surface area contributed by atoms with Gasteiger partial charge < -0.3 is 14.6 Å². The van der Waals surface area contributed by atoms with Crippen LogP contribution < -0.4 is 14.9 Å². The molecule has 7 nitrogen and oxygen atoms in total. The Labute approximate surface area is 180 Å². The maximum Gasteiger partial charge on any atom is 0.273 e. The molecule has 1 unspecified atom stereocenters. The lowest BCUT2D eigenvalue weighted by atomic mass is 10.0. The number of nitrogens with one attached hydrogen (secondary N) is 1. The van der Waals surface area contributed by atoms with Gasteiger partial charge in [-0.1, -0.05) is 6.07 Å². The van der Waals surface area contributed by atoms with Crippen LogP contribution in [0.5, 0.6) is 17.2 Å². The molecule has 1 atom stereocenters. The summed E-state index contributed by atoms with van der Waals surface area (Å²) in [5, 5.41) is 11.5. The van der Waals surface area contributed by atoms with Crippen molar-refractivity contribution in [3.63, 3.8) is 0 Å². The molecule has 0 saturated heterocycles. The Morgan fingerprint density at radius 1 is 1.03 bits per heavy atom. The van der Waals surface area contributed by atoms with Crippen molar-refractivity contribution >= 4 is 11.6 Å². The molecule has 0 fully saturated rings. The molecule has 0 saturated carbocycles. The Hall–Kier alpha value is -4.00. The lowest BCUT2D eigenvalue weighted by Crippen LogP contribution is -2.39. The molecule has 2 N–H and O–H groups in total. The van der Waals surface area contributed by atoms with Crippen LogP contribution in [-0.4, -0.2) is 35.2 Å². The van der Waals surface area contributed by atoms with Crippen molar-refractivity contribution in [1.82, 2.24) is 15.4 Å². The largest absolute Gasteiger partial charge is 0.508 e. The smallest absolute Gasteiger partial charge is 0.273 e. The Bertz CT molecular complexity index is 1140. The molecule has 4 rings (SSSR count). The van der Waals surface area contributed by atoms with Crippen molar-refractivity contribution in [2.24, 2.45) is 0 Å². The van der Waals surface area contributed by atoms with Gasteiger partial charge in [0.15, 0.2) is 11.5 Å². The van der Waals surface area contributed by atoms with Crippen molar-refractivity contribution in [2.45, 2.75) is 13.0 Å². The molecule has 1 amide bonds. The molecular weight excluding hydrogens is 394 g/mol. The van der Waals surface area contributed by atoms with Crippen LogP contribution in [0.15, 0.2) is 67.0 Å². The van der Waals surface area contributed by atoms with Gasteiger partial charge in [0, 0.05) is 18.0 Å². The maximum absolute atomic E-state index is 13.3. The monoisotopic (exact) mass is 417 g/mol. The fourth-order valence-electron chi connectivity index (χ4n) is 3.55. The summed E-state index contributed by atoms with van der Waals surface area (Å²) in [5.41, 5.74) is 7.00. The Kier molecular flexibility index (Phi) is 5.49. The van der Waals surface area contributed by atoms with Gasteiger partial charge in [0.2, 0.25) is 0 Å². The fraction of sp³-hybridized carbons (Fsp3) is 0.167. The normalized spacial score (nSPS) is 15.3. The highest BCUT2D eigenvalue weighted by Gasteiger charge is 2.32. The average Bonchev–Trinajstić information content (AvgIpc) is 3.26. The number of rotatable bonds is 5. The summed E-state index contributed by atoms with van der Waals surface area (Å²) >= 11 is 0. The van der Waals surface area contributed by atoms with Gasteiger partial charge in [0.1, 0.15) is 5.75 Å². The number of ether oxygens (including phenoxy) is 2. The standard InChI is InChI=1S/C24H23N3O4/c1-15-12-17(4-6-21(15)28)19-14-20(18-5-7-22(30-2)23(13-18)31-3)27(26-19)24(29)16-8-10-25-11-9-16/h4-14,20,26,28H,1-3H3. The lowest BCUT2D eigenvalue weighted by molar-refractivity contribution is 0.0672. The first-order valence-electron chi connectivity index (χ1n) is 9.76. The van der Waals surface area contributed by atoms with Crippen LogP contribution in [0.25, 0.3) is 5.70 Å². The number of phenols is 1. The number of methoxy groups -OCH3 is 2. The number of carbonyl (C=O) groups excluding carboxylic acids is 1. The minimum atomic E-state index is -0.385. The van der Waals surface area contributed by atoms with E-state index in [4.69, 9.17) is 9.47 Å². The van der Waals surface area contributed by atoms with Gasteiger partial charge in [-0.15, -0.1) is 0 Å². The van der Waals surface area contributed by atoms with Crippen LogP contribution in [0.2, 0.25) is 0 Å². The van der Waals surface area contributed by atoms with Gasteiger partial charge in [0.05, 0.1) is 26.0 Å². The Morgan fingerprint density at radius 3 is 2.45 bits per heavy atom. The molecule has 7 heteroatoms. The number of aryl methyl sites for hydroxylation is 1. The zero-order chi connectivity index (χ0) is 22.0. The number of phenolic OH excluding ortho intramolecular Hbond substituents is 1. The Morgan fingerprint density at radius 2 is 1.77 bits per heavy atom. The second-order valence-electron chi connectivity index (χ2n) is 7.16. The van der Waals surface area contributed by atoms with Crippen molar-refractivity contribution in [1.29, 1.82) is 0 Å². The zero-order valence-electron chi connectivity index (χ0n) is 17.5. The van der Waals surface area contributed by atoms with Gasteiger partial charge in [-0.05, 0) is 72.2 Å². The molecule has 2 heterocycles. The van der Waals surface area contributed by atoms with Crippen molar-refractivity contribution in [2.75, 3.05) is 14.2 Å². The molecule has 158 valence electrons. The third-order valence-corrected chi connectivity index (χ3v) is 5.25. The van der Waals surface area contributed by atoms with E-state index in [1.54, 1.807) is 49.8 Å². The number of hydrogen-bond acceptors (Lipinski definition) is 6. The average molecular weight is 417 g/mol. The summed E-state index contributed by atoms with van der Waals surface area (Å²) < 4.78 is 10.8. The predicted octanol–water partition coefficient (Wildman–Crippen LogP) is 3.86. The van der Waals surface area contributed by atoms with E-state index in [1.807, 2.05) is 43.3 Å². The molecule has 0 bridgehead atoms. The molecule has 0 radical (unpaired) electrons. The molecule has 0 aliphatic carbocycles. The molecule has 1 aliphatic heterocycles. The highest BCUT2D eigenvalue weighted by molar-refractivity contribution is 5.95. The number of pyridine rings is 1. The van der Waals surface area contributed by atoms with Crippen LogP contribution in [-0.2, 0) is 0 Å². The zero-order valence-corrected chi connectivity index (χ0v) is 17.5. The van der Waals surface area contributed by atoms with Crippen molar-refractivity contribution in [3.8, 4) is 17.2 Å². The molecule has 0 spiro atoms. The summed E-state index contributed by atoms with van der Waals surface area (Å²) in [4.78, 5) is 17.3. The van der Waals surface area contributed by atoms with E-state index in [-0.39, 0.29) is 17.7 Å². The van der Waals surface area contributed by atoms with Gasteiger partial charge >= 0.3 is 0 Å². The summed E-state index contributed by atoms with van der Waals surface area (Å²) in [6.07, 6.45) is 5.16. The number of hydrazine groups is 1. The number of carbonyl (C=O) groups is 1. The Balaban J connectivity index is 1.77. The minimum absolute atomic E-state index is 0.191. The minimum Gasteiger partial charge on any atom is -0.508 e. The van der Waals surface area contributed by atoms with Gasteiger partial charge in [-0.3, -0.25) is 15.2 Å². The molecule has 3 aromatic rings. The van der Waals surface area contributed by atoms with Crippen LogP contribution in [0, 0.1) is 6.92 Å². The third-order valence-electron chi connectivity index (χ3n) is 5.25. The molecule has 31 heavy (non-hydrogen) atoms. The molecule has 1 aromatic heterocycles. The summed E-state index contributed by atoms with van der Waals surface area (Å²) in [6.45, 7) is 1.83. The summed E-state index contributed by atoms with van der Waals surface area (Å²) in [6, 6.07) is 13.9. The number of benzene rings is 2. The SMILES string of the molecule is COc1ccc(C2C=C(c3ccc(O)c(C)c3)NN2C(=O)c2ccncc2)cc1OC. The number of hydrogen-bond donors (Lipinski definition) is 2. The van der Waals surface area contributed by atoms with Gasteiger partial charge in [-0.2, -0.15) is 0 Å². The van der Waals surface area contributed by atoms with Crippen LogP contribution in [0.4, 0.5) is 0 Å². The highest BCUT2D eigenvalue weighted by atomic mass is 16.5. The van der Waals surface area contributed by atoms with Crippen molar-refractivity contribution < 1.29 is 19.4 Å². The van der Waals surface area contributed by atoms with Crippen molar-refractivity contribution in [3.05, 3.63) is 89.3 Å². The van der Waals surface area contributed by atoms with E-state index in [2.05, 4.69) is 10.4 Å². The quantitative estimate of drug-likeness (QED) is 0.656. The summed E-state index contributed by atoms with van der Waals surface area (Å²) in [5.74, 6) is 1.23. The number of amides is 1. The molecular formula is C24H23N3O4. The number of aromatic nitrogens is 1.